The quantitative estimate of drug-likeness (QED) is 0.720. The first-order valence-corrected chi connectivity index (χ1v) is 8.83. The van der Waals surface area contributed by atoms with Gasteiger partial charge in [-0.05, 0) is 31.5 Å². The van der Waals surface area contributed by atoms with Crippen LogP contribution >= 0.6 is 11.3 Å². The summed E-state index contributed by atoms with van der Waals surface area (Å²) in [6.45, 7) is 3.80. The van der Waals surface area contributed by atoms with E-state index in [0.717, 1.165) is 5.69 Å². The fraction of sp³-hybridized carbons (Fsp3) is 0.333. The molecule has 0 aliphatic rings. The second-order valence-electron chi connectivity index (χ2n) is 6.19. The number of fused-ring (bicyclic) bond motifs is 1. The third-order valence-corrected chi connectivity index (χ3v) is 5.60. The van der Waals surface area contributed by atoms with Gasteiger partial charge in [0, 0.05) is 38.4 Å². The standard InChI is InChI=1S/C18H20N4O2S/c1-11(9-13-7-5-6-8-19-13)22(4)18(24)15-12(2)14-16(25-15)20-10-21(3)17(14)23/h5-8,10-11H,9H2,1-4H3/t11-/m1/s1. The lowest BCUT2D eigenvalue weighted by Crippen LogP contribution is -2.36. The second-order valence-corrected chi connectivity index (χ2v) is 7.19. The van der Waals surface area contributed by atoms with E-state index in [4.69, 9.17) is 0 Å². The maximum absolute atomic E-state index is 12.9. The molecule has 0 saturated heterocycles. The van der Waals surface area contributed by atoms with Crippen LogP contribution in [0.3, 0.4) is 0 Å². The summed E-state index contributed by atoms with van der Waals surface area (Å²) in [5.41, 5.74) is 1.52. The number of likely N-dealkylation sites (N-methyl/N-ethyl adjacent to an activating group) is 1. The Kier molecular flexibility index (Phi) is 4.67. The van der Waals surface area contributed by atoms with Crippen molar-refractivity contribution in [1.29, 1.82) is 0 Å². The molecule has 0 unspecified atom stereocenters. The van der Waals surface area contributed by atoms with Gasteiger partial charge in [0.05, 0.1) is 16.6 Å². The Morgan fingerprint density at radius 3 is 2.80 bits per heavy atom. The molecule has 3 heterocycles. The van der Waals surface area contributed by atoms with Crippen LogP contribution in [0.5, 0.6) is 0 Å². The van der Waals surface area contributed by atoms with Crippen molar-refractivity contribution in [2.75, 3.05) is 7.05 Å². The SMILES string of the molecule is Cc1c(C(=O)N(C)[C@H](C)Cc2ccccn2)sc2ncn(C)c(=O)c12. The Morgan fingerprint density at radius 2 is 2.12 bits per heavy atom. The molecule has 1 atom stereocenters. The van der Waals surface area contributed by atoms with E-state index in [1.807, 2.05) is 32.0 Å². The zero-order valence-electron chi connectivity index (χ0n) is 14.7. The molecule has 3 aromatic rings. The van der Waals surface area contributed by atoms with Gasteiger partial charge in [0.15, 0.2) is 0 Å². The number of pyridine rings is 1. The highest BCUT2D eigenvalue weighted by molar-refractivity contribution is 7.20. The van der Waals surface area contributed by atoms with E-state index in [1.165, 1.54) is 22.2 Å². The average Bonchev–Trinajstić information content (AvgIpc) is 2.95. The van der Waals surface area contributed by atoms with E-state index in [0.29, 0.717) is 27.1 Å². The highest BCUT2D eigenvalue weighted by atomic mass is 32.1. The van der Waals surface area contributed by atoms with Gasteiger partial charge in [-0.3, -0.25) is 14.6 Å². The topological polar surface area (TPSA) is 68.1 Å². The minimum absolute atomic E-state index is 0.0113. The highest BCUT2D eigenvalue weighted by Crippen LogP contribution is 2.28. The summed E-state index contributed by atoms with van der Waals surface area (Å²) < 4.78 is 1.43. The van der Waals surface area contributed by atoms with Gasteiger partial charge in [-0.15, -0.1) is 11.3 Å². The molecule has 0 N–H and O–H groups in total. The van der Waals surface area contributed by atoms with Crippen LogP contribution in [-0.4, -0.2) is 38.4 Å². The summed E-state index contributed by atoms with van der Waals surface area (Å²) in [7, 11) is 3.44. The third-order valence-electron chi connectivity index (χ3n) is 4.42. The first-order chi connectivity index (χ1) is 11.9. The van der Waals surface area contributed by atoms with Crippen LogP contribution in [0.2, 0.25) is 0 Å². The van der Waals surface area contributed by atoms with E-state index >= 15 is 0 Å². The highest BCUT2D eigenvalue weighted by Gasteiger charge is 2.24. The summed E-state index contributed by atoms with van der Waals surface area (Å²) in [5.74, 6) is -0.0917. The lowest BCUT2D eigenvalue weighted by atomic mass is 10.1. The number of amides is 1. The zero-order chi connectivity index (χ0) is 18.1. The van der Waals surface area contributed by atoms with Gasteiger partial charge in [-0.1, -0.05) is 6.07 Å². The van der Waals surface area contributed by atoms with Gasteiger partial charge >= 0.3 is 0 Å². The van der Waals surface area contributed by atoms with E-state index in [-0.39, 0.29) is 17.5 Å². The van der Waals surface area contributed by atoms with Crippen molar-refractivity contribution in [3.63, 3.8) is 0 Å². The average molecular weight is 356 g/mol. The molecule has 6 nitrogen and oxygen atoms in total. The van der Waals surface area contributed by atoms with E-state index in [9.17, 15) is 9.59 Å². The number of aryl methyl sites for hydroxylation is 2. The van der Waals surface area contributed by atoms with Gasteiger partial charge in [-0.2, -0.15) is 0 Å². The lowest BCUT2D eigenvalue weighted by molar-refractivity contribution is 0.0747. The van der Waals surface area contributed by atoms with Crippen LogP contribution in [0.1, 0.15) is 27.9 Å². The number of hydrogen-bond acceptors (Lipinski definition) is 5. The number of thiophene rings is 1. The molecule has 0 aliphatic heterocycles. The first-order valence-electron chi connectivity index (χ1n) is 8.02. The minimum atomic E-state index is -0.123. The molecule has 3 rings (SSSR count). The van der Waals surface area contributed by atoms with Crippen molar-refractivity contribution >= 4 is 27.5 Å². The normalized spacial score (nSPS) is 12.3. The number of carbonyl (C=O) groups is 1. The monoisotopic (exact) mass is 356 g/mol. The van der Waals surface area contributed by atoms with E-state index < -0.39 is 0 Å². The number of aromatic nitrogens is 3. The van der Waals surface area contributed by atoms with E-state index in [1.54, 1.807) is 25.2 Å². The van der Waals surface area contributed by atoms with Crippen LogP contribution in [0.25, 0.3) is 10.2 Å². The van der Waals surface area contributed by atoms with Crippen molar-refractivity contribution in [1.82, 2.24) is 19.4 Å². The zero-order valence-corrected chi connectivity index (χ0v) is 15.5. The summed E-state index contributed by atoms with van der Waals surface area (Å²) >= 11 is 1.28. The van der Waals surface area contributed by atoms with Crippen LogP contribution in [-0.2, 0) is 13.5 Å². The van der Waals surface area contributed by atoms with Crippen LogP contribution < -0.4 is 5.56 Å². The smallest absolute Gasteiger partial charge is 0.264 e. The third kappa shape index (κ3) is 3.19. The van der Waals surface area contributed by atoms with Crippen molar-refractivity contribution in [2.45, 2.75) is 26.3 Å². The van der Waals surface area contributed by atoms with Crippen LogP contribution in [0.15, 0.2) is 35.5 Å². The second kappa shape index (κ2) is 6.76. The van der Waals surface area contributed by atoms with Crippen LogP contribution in [0.4, 0.5) is 0 Å². The molecule has 3 aromatic heterocycles. The minimum Gasteiger partial charge on any atom is -0.338 e. The Bertz CT molecular complexity index is 978. The molecule has 1 amide bonds. The van der Waals surface area contributed by atoms with Gasteiger partial charge in [0.25, 0.3) is 11.5 Å². The predicted molar refractivity (Wildman–Crippen MR) is 99.1 cm³/mol. The molecule has 0 spiro atoms. The molecule has 25 heavy (non-hydrogen) atoms. The Balaban J connectivity index is 1.90. The fourth-order valence-electron chi connectivity index (χ4n) is 2.73. The lowest BCUT2D eigenvalue weighted by Gasteiger charge is -2.24. The Morgan fingerprint density at radius 1 is 1.36 bits per heavy atom. The van der Waals surface area contributed by atoms with Crippen molar-refractivity contribution < 1.29 is 4.79 Å². The molecule has 0 aliphatic carbocycles. The molecule has 7 heteroatoms. The van der Waals surface area contributed by atoms with Gasteiger partial charge in [0.2, 0.25) is 0 Å². The van der Waals surface area contributed by atoms with Gasteiger partial charge < -0.3 is 9.47 Å². The molecule has 130 valence electrons. The molecule has 0 aromatic carbocycles. The molecular weight excluding hydrogens is 336 g/mol. The van der Waals surface area contributed by atoms with E-state index in [2.05, 4.69) is 9.97 Å². The van der Waals surface area contributed by atoms with Crippen molar-refractivity contribution in [3.05, 3.63) is 57.2 Å². The fourth-order valence-corrected chi connectivity index (χ4v) is 3.85. The van der Waals surface area contributed by atoms with Crippen molar-refractivity contribution in [3.8, 4) is 0 Å². The molecule has 0 saturated carbocycles. The van der Waals surface area contributed by atoms with Crippen molar-refractivity contribution in [2.24, 2.45) is 7.05 Å². The summed E-state index contributed by atoms with van der Waals surface area (Å²) in [6, 6.07) is 5.75. The molecule has 0 radical (unpaired) electrons. The summed E-state index contributed by atoms with van der Waals surface area (Å²) in [6.07, 6.45) is 3.91. The maximum Gasteiger partial charge on any atom is 0.264 e. The maximum atomic E-state index is 12.9. The van der Waals surface area contributed by atoms with Gasteiger partial charge in [-0.25, -0.2) is 4.98 Å². The predicted octanol–water partition coefficient (Wildman–Crippen LogP) is 2.40. The number of nitrogens with zero attached hydrogens (tertiary/aromatic N) is 4. The number of carbonyl (C=O) groups excluding carboxylic acids is 1. The first kappa shape index (κ1) is 17.3. The Hall–Kier alpha value is -2.54. The molecule has 0 bridgehead atoms. The van der Waals surface area contributed by atoms with Crippen LogP contribution in [0, 0.1) is 6.92 Å². The summed E-state index contributed by atoms with van der Waals surface area (Å²) in [5, 5.41) is 0.532. The number of hydrogen-bond donors (Lipinski definition) is 0. The molecular formula is C18H20N4O2S. The Labute approximate surface area is 149 Å². The number of rotatable bonds is 4. The summed E-state index contributed by atoms with van der Waals surface area (Å²) in [4.78, 5) is 36.7. The van der Waals surface area contributed by atoms with Gasteiger partial charge in [0.1, 0.15) is 4.83 Å². The molecule has 0 fully saturated rings. The largest absolute Gasteiger partial charge is 0.338 e.